The summed E-state index contributed by atoms with van der Waals surface area (Å²) >= 11 is 0. The van der Waals surface area contributed by atoms with E-state index in [1.165, 1.54) is 17.1 Å². The molecule has 6 nitrogen and oxygen atoms in total. The van der Waals surface area contributed by atoms with Gasteiger partial charge in [-0.05, 0) is 32.7 Å². The predicted molar refractivity (Wildman–Crippen MR) is 74.0 cm³/mol. The Morgan fingerprint density at radius 2 is 2.05 bits per heavy atom. The van der Waals surface area contributed by atoms with Crippen LogP contribution in [0.3, 0.4) is 0 Å². The van der Waals surface area contributed by atoms with Gasteiger partial charge in [0.15, 0.2) is 0 Å². The SMILES string of the molecule is CN(CCNS(=O)(=O)N1CCCCC1CO)C1CC1. The Morgan fingerprint density at radius 1 is 1.32 bits per heavy atom. The molecular formula is C12H25N3O3S. The van der Waals surface area contributed by atoms with E-state index in [0.29, 0.717) is 19.1 Å². The highest BCUT2D eigenvalue weighted by Crippen LogP contribution is 2.24. The molecule has 0 aromatic rings. The number of aliphatic hydroxyl groups excluding tert-OH is 1. The maximum Gasteiger partial charge on any atom is 0.279 e. The largest absolute Gasteiger partial charge is 0.395 e. The summed E-state index contributed by atoms with van der Waals surface area (Å²) in [7, 11) is -1.42. The Hall–Kier alpha value is -0.210. The van der Waals surface area contributed by atoms with Crippen LogP contribution in [0, 0.1) is 0 Å². The lowest BCUT2D eigenvalue weighted by molar-refractivity contribution is 0.153. The Balaban J connectivity index is 1.82. The molecule has 1 unspecified atom stereocenters. The third-order valence-electron chi connectivity index (χ3n) is 4.01. The maximum absolute atomic E-state index is 12.2. The molecule has 1 saturated heterocycles. The molecule has 1 atom stereocenters. The molecule has 2 fully saturated rings. The van der Waals surface area contributed by atoms with Gasteiger partial charge in [0.1, 0.15) is 0 Å². The van der Waals surface area contributed by atoms with Crippen molar-refractivity contribution < 1.29 is 13.5 Å². The molecule has 1 aliphatic heterocycles. The summed E-state index contributed by atoms with van der Waals surface area (Å²) in [5, 5.41) is 9.28. The Morgan fingerprint density at radius 3 is 2.68 bits per heavy atom. The minimum atomic E-state index is -3.45. The van der Waals surface area contributed by atoms with E-state index in [0.717, 1.165) is 25.8 Å². The number of nitrogens with zero attached hydrogens (tertiary/aromatic N) is 2. The summed E-state index contributed by atoms with van der Waals surface area (Å²) in [6, 6.07) is 0.386. The van der Waals surface area contributed by atoms with Crippen molar-refractivity contribution >= 4 is 10.2 Å². The third-order valence-corrected chi connectivity index (χ3v) is 5.68. The fourth-order valence-electron chi connectivity index (χ4n) is 2.60. The third kappa shape index (κ3) is 4.13. The summed E-state index contributed by atoms with van der Waals surface area (Å²) in [5.41, 5.74) is 0. The highest BCUT2D eigenvalue weighted by atomic mass is 32.2. The number of likely N-dealkylation sites (N-methyl/N-ethyl adjacent to an activating group) is 1. The first-order valence-corrected chi connectivity index (χ1v) is 8.56. The number of hydrogen-bond acceptors (Lipinski definition) is 4. The highest BCUT2D eigenvalue weighted by molar-refractivity contribution is 7.87. The summed E-state index contributed by atoms with van der Waals surface area (Å²) in [6.07, 6.45) is 5.06. The molecule has 0 spiro atoms. The molecule has 0 amide bonds. The number of nitrogens with one attached hydrogen (secondary N) is 1. The lowest BCUT2D eigenvalue weighted by Gasteiger charge is -2.33. The van der Waals surface area contributed by atoms with Gasteiger partial charge in [0.05, 0.1) is 6.61 Å². The second kappa shape index (κ2) is 6.49. The Bertz CT molecular complexity index is 384. The van der Waals surface area contributed by atoms with Crippen LogP contribution in [-0.4, -0.2) is 68.1 Å². The quantitative estimate of drug-likeness (QED) is 0.679. The molecule has 1 heterocycles. The molecule has 7 heteroatoms. The normalized spacial score (nSPS) is 25.9. The molecular weight excluding hydrogens is 266 g/mol. The van der Waals surface area contributed by atoms with Crippen molar-refractivity contribution in [1.82, 2.24) is 13.9 Å². The van der Waals surface area contributed by atoms with Gasteiger partial charge in [-0.25, -0.2) is 4.72 Å². The highest BCUT2D eigenvalue weighted by Gasteiger charge is 2.32. The summed E-state index contributed by atoms with van der Waals surface area (Å²) < 4.78 is 28.5. The minimum Gasteiger partial charge on any atom is -0.395 e. The Kier molecular flexibility index (Phi) is 5.19. The van der Waals surface area contributed by atoms with Crippen molar-refractivity contribution in [3.63, 3.8) is 0 Å². The molecule has 19 heavy (non-hydrogen) atoms. The average Bonchev–Trinajstić information content (AvgIpc) is 3.22. The van der Waals surface area contributed by atoms with Gasteiger partial charge in [-0.15, -0.1) is 0 Å². The standard InChI is InChI=1S/C12H25N3O3S/c1-14(11-5-6-11)9-7-13-19(17,18)15-8-3-2-4-12(15)10-16/h11-13,16H,2-10H2,1H3. The predicted octanol–water partition coefficient (Wildman–Crippen LogP) is -0.238. The molecule has 1 aliphatic carbocycles. The van der Waals surface area contributed by atoms with Crippen molar-refractivity contribution in [1.29, 1.82) is 0 Å². The van der Waals surface area contributed by atoms with E-state index >= 15 is 0 Å². The van der Waals surface area contributed by atoms with Crippen LogP contribution in [0.5, 0.6) is 0 Å². The zero-order valence-electron chi connectivity index (χ0n) is 11.6. The van der Waals surface area contributed by atoms with Crippen molar-refractivity contribution in [3.8, 4) is 0 Å². The molecule has 112 valence electrons. The molecule has 2 N–H and O–H groups in total. The fraction of sp³-hybridized carbons (Fsp3) is 1.00. The summed E-state index contributed by atoms with van der Waals surface area (Å²) in [6.45, 7) is 1.59. The smallest absolute Gasteiger partial charge is 0.279 e. The maximum atomic E-state index is 12.2. The first kappa shape index (κ1) is 15.2. The van der Waals surface area contributed by atoms with E-state index < -0.39 is 10.2 Å². The van der Waals surface area contributed by atoms with Crippen LogP contribution in [0.4, 0.5) is 0 Å². The van der Waals surface area contributed by atoms with Gasteiger partial charge in [-0.2, -0.15) is 12.7 Å². The first-order chi connectivity index (χ1) is 9.04. The molecule has 0 aromatic carbocycles. The van der Waals surface area contributed by atoms with E-state index in [1.54, 1.807) is 0 Å². The molecule has 1 saturated carbocycles. The van der Waals surface area contributed by atoms with E-state index in [1.807, 2.05) is 7.05 Å². The van der Waals surface area contributed by atoms with Crippen molar-refractivity contribution in [2.45, 2.75) is 44.2 Å². The fourth-order valence-corrected chi connectivity index (χ4v) is 4.05. The Labute approximate surface area is 116 Å². The van der Waals surface area contributed by atoms with E-state index in [2.05, 4.69) is 9.62 Å². The molecule has 2 aliphatic rings. The average molecular weight is 291 g/mol. The zero-order valence-corrected chi connectivity index (χ0v) is 12.4. The van der Waals surface area contributed by atoms with Gasteiger partial charge in [0.25, 0.3) is 10.2 Å². The van der Waals surface area contributed by atoms with Gasteiger partial charge in [-0.1, -0.05) is 6.42 Å². The number of aliphatic hydroxyl groups is 1. The van der Waals surface area contributed by atoms with Gasteiger partial charge >= 0.3 is 0 Å². The molecule has 0 radical (unpaired) electrons. The van der Waals surface area contributed by atoms with E-state index in [-0.39, 0.29) is 12.6 Å². The van der Waals surface area contributed by atoms with Gasteiger partial charge in [0, 0.05) is 31.7 Å². The number of rotatable bonds is 7. The second-order valence-corrected chi connectivity index (χ2v) is 7.26. The van der Waals surface area contributed by atoms with Crippen LogP contribution in [0.25, 0.3) is 0 Å². The number of piperidine rings is 1. The molecule has 0 bridgehead atoms. The van der Waals surface area contributed by atoms with Gasteiger partial charge in [0.2, 0.25) is 0 Å². The second-order valence-electron chi connectivity index (χ2n) is 5.55. The van der Waals surface area contributed by atoms with Crippen LogP contribution in [0.1, 0.15) is 32.1 Å². The van der Waals surface area contributed by atoms with Crippen LogP contribution in [0.2, 0.25) is 0 Å². The number of hydrogen-bond donors (Lipinski definition) is 2. The monoisotopic (exact) mass is 291 g/mol. The lowest BCUT2D eigenvalue weighted by atomic mass is 10.1. The molecule has 2 rings (SSSR count). The van der Waals surface area contributed by atoms with Crippen LogP contribution in [0.15, 0.2) is 0 Å². The molecule has 0 aromatic heterocycles. The van der Waals surface area contributed by atoms with Crippen molar-refractivity contribution in [2.24, 2.45) is 0 Å². The lowest BCUT2D eigenvalue weighted by Crippen LogP contribution is -2.51. The van der Waals surface area contributed by atoms with Gasteiger partial charge in [-0.3, -0.25) is 0 Å². The first-order valence-electron chi connectivity index (χ1n) is 7.12. The van der Waals surface area contributed by atoms with E-state index in [4.69, 9.17) is 0 Å². The van der Waals surface area contributed by atoms with E-state index in [9.17, 15) is 13.5 Å². The summed E-state index contributed by atoms with van der Waals surface area (Å²) in [5.74, 6) is 0. The van der Waals surface area contributed by atoms with Crippen LogP contribution >= 0.6 is 0 Å². The minimum absolute atomic E-state index is 0.0944. The van der Waals surface area contributed by atoms with Crippen LogP contribution < -0.4 is 4.72 Å². The van der Waals surface area contributed by atoms with Crippen molar-refractivity contribution in [2.75, 3.05) is 33.3 Å². The van der Waals surface area contributed by atoms with Gasteiger partial charge < -0.3 is 10.0 Å². The summed E-state index contributed by atoms with van der Waals surface area (Å²) in [4.78, 5) is 2.20. The zero-order chi connectivity index (χ0) is 13.9. The van der Waals surface area contributed by atoms with Crippen LogP contribution in [-0.2, 0) is 10.2 Å². The van der Waals surface area contributed by atoms with Crippen molar-refractivity contribution in [3.05, 3.63) is 0 Å². The topological polar surface area (TPSA) is 72.9 Å².